The van der Waals surface area contributed by atoms with Crippen LogP contribution in [0.1, 0.15) is 19.8 Å². The van der Waals surface area contributed by atoms with E-state index in [1.54, 1.807) is 0 Å². The van der Waals surface area contributed by atoms with Crippen LogP contribution < -0.4 is 10.6 Å². The molecule has 0 spiro atoms. The van der Waals surface area contributed by atoms with Gasteiger partial charge in [0.1, 0.15) is 6.04 Å². The van der Waals surface area contributed by atoms with Crippen molar-refractivity contribution in [3.8, 4) is 0 Å². The molecule has 2 atom stereocenters. The number of hydrogen-bond acceptors (Lipinski definition) is 4. The second-order valence-electron chi connectivity index (χ2n) is 3.88. The lowest BCUT2D eigenvalue weighted by molar-refractivity contribution is -0.139. The minimum atomic E-state index is -0.966. The number of hydrogen-bond donors (Lipinski definition) is 3. The first kappa shape index (κ1) is 12.9. The summed E-state index contributed by atoms with van der Waals surface area (Å²) in [5, 5.41) is 13.9. The SMILES string of the molecule is CC(NCC(=O)NCC1CCCO1)C(=O)O. The molecule has 0 aromatic rings. The summed E-state index contributed by atoms with van der Waals surface area (Å²) in [4.78, 5) is 21.8. The number of aliphatic carboxylic acids is 1. The summed E-state index contributed by atoms with van der Waals surface area (Å²) in [6.45, 7) is 2.77. The number of nitrogens with one attached hydrogen (secondary N) is 2. The molecule has 1 aliphatic heterocycles. The molecule has 1 fully saturated rings. The van der Waals surface area contributed by atoms with Gasteiger partial charge in [0.05, 0.1) is 12.6 Å². The van der Waals surface area contributed by atoms with E-state index in [0.29, 0.717) is 6.54 Å². The zero-order valence-electron chi connectivity index (χ0n) is 9.36. The molecular formula is C10H18N2O4. The molecular weight excluding hydrogens is 212 g/mol. The Kier molecular flexibility index (Phi) is 5.21. The van der Waals surface area contributed by atoms with Gasteiger partial charge in [-0.1, -0.05) is 0 Å². The fraction of sp³-hybridized carbons (Fsp3) is 0.800. The summed E-state index contributed by atoms with van der Waals surface area (Å²) in [5.41, 5.74) is 0. The van der Waals surface area contributed by atoms with Gasteiger partial charge < -0.3 is 15.2 Å². The Morgan fingerprint density at radius 1 is 1.56 bits per heavy atom. The van der Waals surface area contributed by atoms with Crippen LogP contribution in [-0.4, -0.2) is 48.8 Å². The Labute approximate surface area is 94.3 Å². The van der Waals surface area contributed by atoms with Crippen molar-refractivity contribution in [2.45, 2.75) is 31.9 Å². The highest BCUT2D eigenvalue weighted by molar-refractivity contribution is 5.79. The summed E-state index contributed by atoms with van der Waals surface area (Å²) < 4.78 is 5.34. The normalized spacial score (nSPS) is 21.7. The monoisotopic (exact) mass is 230 g/mol. The zero-order valence-corrected chi connectivity index (χ0v) is 9.36. The highest BCUT2D eigenvalue weighted by atomic mass is 16.5. The molecule has 6 heteroatoms. The van der Waals surface area contributed by atoms with Crippen molar-refractivity contribution in [2.75, 3.05) is 19.7 Å². The summed E-state index contributed by atoms with van der Waals surface area (Å²) in [6, 6.07) is -0.714. The molecule has 0 aromatic heterocycles. The molecule has 0 aliphatic carbocycles. The molecule has 1 saturated heterocycles. The van der Waals surface area contributed by atoms with Crippen LogP contribution in [0.5, 0.6) is 0 Å². The lowest BCUT2D eigenvalue weighted by Crippen LogP contribution is -2.43. The van der Waals surface area contributed by atoms with Gasteiger partial charge in [-0.25, -0.2) is 0 Å². The first-order valence-electron chi connectivity index (χ1n) is 5.44. The van der Waals surface area contributed by atoms with E-state index in [1.807, 2.05) is 0 Å². The van der Waals surface area contributed by atoms with E-state index in [0.717, 1.165) is 19.4 Å². The van der Waals surface area contributed by atoms with E-state index < -0.39 is 12.0 Å². The maximum Gasteiger partial charge on any atom is 0.320 e. The molecule has 0 radical (unpaired) electrons. The van der Waals surface area contributed by atoms with Crippen molar-refractivity contribution < 1.29 is 19.4 Å². The summed E-state index contributed by atoms with van der Waals surface area (Å²) >= 11 is 0. The standard InChI is InChI=1S/C10H18N2O4/c1-7(10(14)15)11-6-9(13)12-5-8-3-2-4-16-8/h7-8,11H,2-6H2,1H3,(H,12,13)(H,14,15). The minimum Gasteiger partial charge on any atom is -0.480 e. The molecule has 0 aromatic carbocycles. The Morgan fingerprint density at radius 2 is 2.31 bits per heavy atom. The Bertz CT molecular complexity index is 251. The van der Waals surface area contributed by atoms with E-state index >= 15 is 0 Å². The van der Waals surface area contributed by atoms with Gasteiger partial charge in [0.25, 0.3) is 0 Å². The molecule has 6 nitrogen and oxygen atoms in total. The highest BCUT2D eigenvalue weighted by Crippen LogP contribution is 2.10. The van der Waals surface area contributed by atoms with Crippen molar-refractivity contribution >= 4 is 11.9 Å². The largest absolute Gasteiger partial charge is 0.480 e. The molecule has 2 unspecified atom stereocenters. The first-order chi connectivity index (χ1) is 7.59. The molecule has 1 aliphatic rings. The third-order valence-electron chi connectivity index (χ3n) is 2.49. The molecule has 3 N–H and O–H groups in total. The number of rotatable bonds is 6. The van der Waals surface area contributed by atoms with Crippen LogP contribution >= 0.6 is 0 Å². The van der Waals surface area contributed by atoms with Crippen molar-refractivity contribution in [1.29, 1.82) is 0 Å². The van der Waals surface area contributed by atoms with Crippen LogP contribution in [0.4, 0.5) is 0 Å². The fourth-order valence-electron chi connectivity index (χ4n) is 1.43. The van der Waals surface area contributed by atoms with Gasteiger partial charge in [-0.3, -0.25) is 14.9 Å². The number of ether oxygens (including phenoxy) is 1. The average molecular weight is 230 g/mol. The van der Waals surface area contributed by atoms with E-state index in [2.05, 4.69) is 10.6 Å². The second kappa shape index (κ2) is 6.44. The van der Waals surface area contributed by atoms with Gasteiger partial charge in [0.2, 0.25) is 5.91 Å². The van der Waals surface area contributed by atoms with Crippen LogP contribution in [-0.2, 0) is 14.3 Å². The maximum atomic E-state index is 11.3. The molecule has 0 bridgehead atoms. The molecule has 1 amide bonds. The highest BCUT2D eigenvalue weighted by Gasteiger charge is 2.16. The molecule has 1 heterocycles. The predicted octanol–water partition coefficient (Wildman–Crippen LogP) is -0.656. The third kappa shape index (κ3) is 4.59. The van der Waals surface area contributed by atoms with Crippen molar-refractivity contribution in [3.63, 3.8) is 0 Å². The van der Waals surface area contributed by atoms with Gasteiger partial charge in [0, 0.05) is 13.2 Å². The smallest absolute Gasteiger partial charge is 0.320 e. The van der Waals surface area contributed by atoms with Gasteiger partial charge >= 0.3 is 5.97 Å². The number of amides is 1. The van der Waals surface area contributed by atoms with E-state index in [-0.39, 0.29) is 18.6 Å². The minimum absolute atomic E-state index is 0.0141. The molecule has 1 rings (SSSR count). The number of carbonyl (C=O) groups is 2. The van der Waals surface area contributed by atoms with Crippen LogP contribution in [0.2, 0.25) is 0 Å². The molecule has 16 heavy (non-hydrogen) atoms. The van der Waals surface area contributed by atoms with Gasteiger partial charge in [0.15, 0.2) is 0 Å². The van der Waals surface area contributed by atoms with Gasteiger partial charge in [-0.15, -0.1) is 0 Å². The van der Waals surface area contributed by atoms with E-state index in [1.165, 1.54) is 6.92 Å². The second-order valence-corrected chi connectivity index (χ2v) is 3.88. The third-order valence-corrected chi connectivity index (χ3v) is 2.49. The Morgan fingerprint density at radius 3 is 2.88 bits per heavy atom. The van der Waals surface area contributed by atoms with Crippen LogP contribution in [0.15, 0.2) is 0 Å². The summed E-state index contributed by atoms with van der Waals surface area (Å²) in [6.07, 6.45) is 2.12. The quantitative estimate of drug-likeness (QED) is 0.564. The molecule has 0 saturated carbocycles. The average Bonchev–Trinajstić information content (AvgIpc) is 2.75. The van der Waals surface area contributed by atoms with E-state index in [9.17, 15) is 9.59 Å². The number of carboxylic acids is 1. The van der Waals surface area contributed by atoms with Crippen molar-refractivity contribution in [2.24, 2.45) is 0 Å². The molecule has 92 valence electrons. The summed E-state index contributed by atoms with van der Waals surface area (Å²) in [5.74, 6) is -1.17. The maximum absolute atomic E-state index is 11.3. The Balaban J connectivity index is 2.08. The topological polar surface area (TPSA) is 87.7 Å². The summed E-state index contributed by atoms with van der Waals surface area (Å²) in [7, 11) is 0. The van der Waals surface area contributed by atoms with E-state index in [4.69, 9.17) is 9.84 Å². The van der Waals surface area contributed by atoms with Crippen molar-refractivity contribution in [3.05, 3.63) is 0 Å². The lowest BCUT2D eigenvalue weighted by atomic mass is 10.2. The number of carbonyl (C=O) groups excluding carboxylic acids is 1. The Hall–Kier alpha value is -1.14. The predicted molar refractivity (Wildman–Crippen MR) is 57.1 cm³/mol. The fourth-order valence-corrected chi connectivity index (χ4v) is 1.43. The van der Waals surface area contributed by atoms with Crippen LogP contribution in [0.25, 0.3) is 0 Å². The zero-order chi connectivity index (χ0) is 12.0. The van der Waals surface area contributed by atoms with Gasteiger partial charge in [-0.2, -0.15) is 0 Å². The van der Waals surface area contributed by atoms with Crippen LogP contribution in [0, 0.1) is 0 Å². The van der Waals surface area contributed by atoms with Crippen molar-refractivity contribution in [1.82, 2.24) is 10.6 Å². The van der Waals surface area contributed by atoms with Crippen LogP contribution in [0.3, 0.4) is 0 Å². The lowest BCUT2D eigenvalue weighted by Gasteiger charge is -2.12. The number of carboxylic acid groups (broad SMARTS) is 1. The first-order valence-corrected chi connectivity index (χ1v) is 5.44. The van der Waals surface area contributed by atoms with Gasteiger partial charge in [-0.05, 0) is 19.8 Å².